The van der Waals surface area contributed by atoms with Crippen molar-refractivity contribution in [1.82, 2.24) is 0 Å². The third kappa shape index (κ3) is 6.22. The van der Waals surface area contributed by atoms with Crippen LogP contribution in [0.5, 0.6) is 17.2 Å². The molecule has 9 heteroatoms. The van der Waals surface area contributed by atoms with Gasteiger partial charge >= 0.3 is 5.97 Å². The lowest BCUT2D eigenvalue weighted by Crippen LogP contribution is -2.43. The molecule has 40 heavy (non-hydrogen) atoms. The number of halogens is 1. The highest BCUT2D eigenvalue weighted by atomic mass is 19.1. The Morgan fingerprint density at radius 3 is 2.48 bits per heavy atom. The van der Waals surface area contributed by atoms with E-state index in [-0.39, 0.29) is 44.1 Å². The van der Waals surface area contributed by atoms with Crippen LogP contribution < -0.4 is 14.2 Å². The molecule has 0 amide bonds. The van der Waals surface area contributed by atoms with Crippen molar-refractivity contribution in [2.24, 2.45) is 0 Å². The van der Waals surface area contributed by atoms with Crippen molar-refractivity contribution in [3.8, 4) is 28.4 Å². The molecule has 0 saturated carbocycles. The van der Waals surface area contributed by atoms with Gasteiger partial charge in [-0.3, -0.25) is 4.79 Å². The van der Waals surface area contributed by atoms with E-state index in [0.717, 1.165) is 27.8 Å². The lowest BCUT2D eigenvalue weighted by atomic mass is 9.94. The van der Waals surface area contributed by atoms with Crippen LogP contribution in [0, 0.1) is 19.7 Å². The van der Waals surface area contributed by atoms with E-state index in [0.29, 0.717) is 35.8 Å². The molecular weight excluding hydrogens is 519 g/mol. The van der Waals surface area contributed by atoms with Crippen LogP contribution in [0.1, 0.15) is 41.0 Å². The molecule has 4 unspecified atom stereocenters. The maximum Gasteiger partial charge on any atom is 0.304 e. The number of aryl methyl sites for hydroxylation is 2. The minimum Gasteiger partial charge on any atom is -0.492 e. The van der Waals surface area contributed by atoms with Gasteiger partial charge in [-0.25, -0.2) is 4.39 Å². The molecule has 0 radical (unpaired) electrons. The molecule has 0 aromatic heterocycles. The van der Waals surface area contributed by atoms with Crippen LogP contribution in [-0.2, 0) is 16.1 Å². The Hall–Kier alpha value is -3.66. The molecule has 212 valence electrons. The zero-order chi connectivity index (χ0) is 28.4. The van der Waals surface area contributed by atoms with Crippen LogP contribution in [-0.4, -0.2) is 59.4 Å². The summed E-state index contributed by atoms with van der Waals surface area (Å²) in [5, 5.41) is 28.6. The Labute approximate surface area is 231 Å². The van der Waals surface area contributed by atoms with Gasteiger partial charge in [-0.15, -0.1) is 0 Å². The number of aliphatic hydroxyl groups is 2. The van der Waals surface area contributed by atoms with Gasteiger partial charge in [0.2, 0.25) is 0 Å². The number of carbonyl (C=O) groups is 1. The summed E-state index contributed by atoms with van der Waals surface area (Å²) in [5.74, 6) is 0.443. The molecule has 2 heterocycles. The van der Waals surface area contributed by atoms with Gasteiger partial charge < -0.3 is 34.3 Å². The Morgan fingerprint density at radius 1 is 0.975 bits per heavy atom. The SMILES string of the molecule is Cc1cc(OCC2CC(O)C(O)CO2)cc(C)c1-c1cc(COc2ccc3c(c2)OCC3CC(=O)O)ccc1F. The lowest BCUT2D eigenvalue weighted by Gasteiger charge is -2.30. The molecule has 8 nitrogen and oxygen atoms in total. The molecule has 1 saturated heterocycles. The second-order valence-corrected chi connectivity index (χ2v) is 10.5. The first-order valence-corrected chi connectivity index (χ1v) is 13.3. The van der Waals surface area contributed by atoms with Crippen molar-refractivity contribution < 1.29 is 43.5 Å². The van der Waals surface area contributed by atoms with Crippen molar-refractivity contribution in [2.75, 3.05) is 19.8 Å². The molecule has 0 spiro atoms. The summed E-state index contributed by atoms with van der Waals surface area (Å²) in [7, 11) is 0. The van der Waals surface area contributed by atoms with Crippen LogP contribution >= 0.6 is 0 Å². The van der Waals surface area contributed by atoms with Gasteiger partial charge in [0.05, 0.1) is 31.8 Å². The van der Waals surface area contributed by atoms with Gasteiger partial charge in [0.15, 0.2) is 0 Å². The predicted octanol–water partition coefficient (Wildman–Crippen LogP) is 4.53. The molecule has 3 N–H and O–H groups in total. The average Bonchev–Trinajstić information content (AvgIpc) is 3.30. The van der Waals surface area contributed by atoms with E-state index in [1.807, 2.05) is 32.0 Å². The normalized spacial score (nSPS) is 21.9. The van der Waals surface area contributed by atoms with Crippen LogP contribution in [0.25, 0.3) is 11.1 Å². The fourth-order valence-electron chi connectivity index (χ4n) is 5.32. The van der Waals surface area contributed by atoms with Crippen LogP contribution in [0.4, 0.5) is 4.39 Å². The molecular formula is C31H33FO8. The van der Waals surface area contributed by atoms with Crippen molar-refractivity contribution in [2.45, 2.75) is 57.5 Å². The number of rotatable bonds is 9. The van der Waals surface area contributed by atoms with Crippen molar-refractivity contribution in [3.63, 3.8) is 0 Å². The Balaban J connectivity index is 1.26. The van der Waals surface area contributed by atoms with E-state index in [4.69, 9.17) is 24.1 Å². The van der Waals surface area contributed by atoms with E-state index in [2.05, 4.69) is 0 Å². The number of ether oxygens (including phenoxy) is 4. The van der Waals surface area contributed by atoms with Crippen molar-refractivity contribution in [3.05, 3.63) is 76.6 Å². The van der Waals surface area contributed by atoms with Crippen molar-refractivity contribution >= 4 is 5.97 Å². The zero-order valence-electron chi connectivity index (χ0n) is 22.4. The van der Waals surface area contributed by atoms with E-state index in [1.165, 1.54) is 6.07 Å². The van der Waals surface area contributed by atoms with Gasteiger partial charge in [-0.05, 0) is 66.4 Å². The quantitative estimate of drug-likeness (QED) is 0.355. The maximum atomic E-state index is 15.0. The fourth-order valence-corrected chi connectivity index (χ4v) is 5.32. The number of aliphatic carboxylic acids is 1. The van der Waals surface area contributed by atoms with Gasteiger partial charge in [0, 0.05) is 29.5 Å². The molecule has 2 aliphatic rings. The second-order valence-electron chi connectivity index (χ2n) is 10.5. The Kier molecular flexibility index (Phi) is 8.25. The minimum absolute atomic E-state index is 0.0155. The monoisotopic (exact) mass is 552 g/mol. The number of hydrogen-bond acceptors (Lipinski definition) is 7. The lowest BCUT2D eigenvalue weighted by molar-refractivity contribution is -0.137. The average molecular weight is 553 g/mol. The highest BCUT2D eigenvalue weighted by Crippen LogP contribution is 2.39. The summed E-state index contributed by atoms with van der Waals surface area (Å²) in [6.45, 7) is 4.65. The summed E-state index contributed by atoms with van der Waals surface area (Å²) in [6.07, 6.45) is -1.73. The second kappa shape index (κ2) is 11.8. The van der Waals surface area contributed by atoms with Gasteiger partial charge in [-0.2, -0.15) is 0 Å². The number of aliphatic hydroxyl groups excluding tert-OH is 2. The maximum absolute atomic E-state index is 15.0. The minimum atomic E-state index is -0.878. The summed E-state index contributed by atoms with van der Waals surface area (Å²) in [6, 6.07) is 14.0. The van der Waals surface area contributed by atoms with Crippen LogP contribution in [0.2, 0.25) is 0 Å². The summed E-state index contributed by atoms with van der Waals surface area (Å²) >= 11 is 0. The summed E-state index contributed by atoms with van der Waals surface area (Å²) < 4.78 is 38.1. The topological polar surface area (TPSA) is 115 Å². The molecule has 5 rings (SSSR count). The molecule has 1 fully saturated rings. The largest absolute Gasteiger partial charge is 0.492 e. The van der Waals surface area contributed by atoms with E-state index in [1.54, 1.807) is 24.3 Å². The Morgan fingerprint density at radius 2 is 1.75 bits per heavy atom. The first-order valence-electron chi connectivity index (χ1n) is 13.3. The highest BCUT2D eigenvalue weighted by molar-refractivity contribution is 5.73. The number of hydrogen-bond donors (Lipinski definition) is 3. The molecule has 0 aliphatic carbocycles. The summed E-state index contributed by atoms with van der Waals surface area (Å²) in [5.41, 5.74) is 4.58. The van der Waals surface area contributed by atoms with E-state index >= 15 is 4.39 Å². The first-order chi connectivity index (χ1) is 19.2. The molecule has 3 aromatic carbocycles. The van der Waals surface area contributed by atoms with Crippen molar-refractivity contribution in [1.29, 1.82) is 0 Å². The van der Waals surface area contributed by atoms with E-state index < -0.39 is 18.2 Å². The number of fused-ring (bicyclic) bond motifs is 1. The third-order valence-corrected chi connectivity index (χ3v) is 7.38. The molecule has 0 bridgehead atoms. The Bertz CT molecular complexity index is 1370. The first kappa shape index (κ1) is 27.9. The standard InChI is InChI=1S/C31H33FO8/c1-17-7-22(38-15-23-11-27(33)28(34)16-39-23)8-18(2)31(17)25-9-19(3-6-26(25)32)13-37-21-4-5-24-20(10-30(35)36)14-40-29(24)12-21/h3-9,12,20,23,27-28,33-34H,10-11,13-16H2,1-2H3,(H,35,36). The highest BCUT2D eigenvalue weighted by Gasteiger charge is 2.29. The summed E-state index contributed by atoms with van der Waals surface area (Å²) in [4.78, 5) is 11.1. The van der Waals surface area contributed by atoms with E-state index in [9.17, 15) is 15.0 Å². The molecule has 2 aliphatic heterocycles. The number of benzene rings is 3. The molecule has 4 atom stereocenters. The van der Waals surface area contributed by atoms with Gasteiger partial charge in [-0.1, -0.05) is 12.1 Å². The molecule has 3 aromatic rings. The zero-order valence-corrected chi connectivity index (χ0v) is 22.4. The van der Waals surface area contributed by atoms with Crippen LogP contribution in [0.3, 0.4) is 0 Å². The predicted molar refractivity (Wildman–Crippen MR) is 144 cm³/mol. The number of carboxylic acid groups (broad SMARTS) is 1. The fraction of sp³-hybridized carbons (Fsp3) is 0.387. The van der Waals surface area contributed by atoms with Crippen LogP contribution in [0.15, 0.2) is 48.5 Å². The van der Waals surface area contributed by atoms with Gasteiger partial charge in [0.25, 0.3) is 0 Å². The third-order valence-electron chi connectivity index (χ3n) is 7.38. The van der Waals surface area contributed by atoms with Gasteiger partial charge in [0.1, 0.15) is 42.4 Å². The number of carboxylic acids is 1. The smallest absolute Gasteiger partial charge is 0.304 e.